The molecule has 1 aromatic carbocycles. The third-order valence-corrected chi connectivity index (χ3v) is 2.84. The highest BCUT2D eigenvalue weighted by Gasteiger charge is 2.18. The van der Waals surface area contributed by atoms with E-state index in [4.69, 9.17) is 0 Å². The topological polar surface area (TPSA) is 48.3 Å². The number of esters is 1. The van der Waals surface area contributed by atoms with Crippen LogP contribution < -0.4 is 5.56 Å². The van der Waals surface area contributed by atoms with Crippen LogP contribution in [0.1, 0.15) is 10.4 Å². The molecular weight excluding hydrogens is 268 g/mol. The Kier molecular flexibility index (Phi) is 3.65. The lowest BCUT2D eigenvalue weighted by molar-refractivity contribution is 0.0599. The molecule has 1 aromatic heterocycles. The molecule has 104 valence electrons. The maximum absolute atomic E-state index is 13.8. The lowest BCUT2D eigenvalue weighted by Gasteiger charge is -2.09. The number of carbonyl (C=O) groups excluding carboxylic acids is 1. The average molecular weight is 279 g/mol. The first-order valence-corrected chi connectivity index (χ1v) is 5.69. The fourth-order valence-corrected chi connectivity index (χ4v) is 1.88. The smallest absolute Gasteiger partial charge is 0.339 e. The predicted molar refractivity (Wildman–Crippen MR) is 68.4 cm³/mol. The Balaban J connectivity index is 2.77. The van der Waals surface area contributed by atoms with Crippen LogP contribution >= 0.6 is 0 Å². The van der Waals surface area contributed by atoms with Gasteiger partial charge in [0, 0.05) is 13.2 Å². The molecule has 4 nitrogen and oxygen atoms in total. The van der Waals surface area contributed by atoms with Gasteiger partial charge in [-0.05, 0) is 18.2 Å². The van der Waals surface area contributed by atoms with Gasteiger partial charge in [-0.3, -0.25) is 4.79 Å². The van der Waals surface area contributed by atoms with Crippen molar-refractivity contribution < 1.29 is 18.3 Å². The largest absolute Gasteiger partial charge is 0.465 e. The van der Waals surface area contributed by atoms with E-state index in [1.807, 2.05) is 0 Å². The van der Waals surface area contributed by atoms with Crippen LogP contribution in [0, 0.1) is 11.6 Å². The van der Waals surface area contributed by atoms with Gasteiger partial charge < -0.3 is 9.30 Å². The predicted octanol–water partition coefficient (Wildman–Crippen LogP) is 2.12. The van der Waals surface area contributed by atoms with Crippen molar-refractivity contribution in [2.24, 2.45) is 7.05 Å². The van der Waals surface area contributed by atoms with E-state index < -0.39 is 28.7 Å². The van der Waals surface area contributed by atoms with Gasteiger partial charge in [0.1, 0.15) is 11.6 Å². The highest BCUT2D eigenvalue weighted by Crippen LogP contribution is 2.24. The van der Waals surface area contributed by atoms with Crippen molar-refractivity contribution in [3.63, 3.8) is 0 Å². The van der Waals surface area contributed by atoms with Gasteiger partial charge in [-0.1, -0.05) is 6.07 Å². The van der Waals surface area contributed by atoms with Gasteiger partial charge >= 0.3 is 5.97 Å². The van der Waals surface area contributed by atoms with Crippen molar-refractivity contribution in [3.05, 3.63) is 58.0 Å². The fraction of sp³-hybridized carbons (Fsp3) is 0.143. The number of hydrogen-bond acceptors (Lipinski definition) is 3. The van der Waals surface area contributed by atoms with Crippen molar-refractivity contribution >= 4 is 5.97 Å². The maximum Gasteiger partial charge on any atom is 0.339 e. The molecule has 0 bridgehead atoms. The Bertz CT molecular complexity index is 717. The first kappa shape index (κ1) is 13.9. The zero-order chi connectivity index (χ0) is 14.9. The van der Waals surface area contributed by atoms with E-state index in [2.05, 4.69) is 4.74 Å². The molecule has 2 rings (SSSR count). The van der Waals surface area contributed by atoms with Gasteiger partial charge in [-0.25, -0.2) is 13.6 Å². The first-order chi connectivity index (χ1) is 9.45. The first-order valence-electron chi connectivity index (χ1n) is 5.69. The van der Waals surface area contributed by atoms with Crippen LogP contribution in [0.15, 0.2) is 35.3 Å². The van der Waals surface area contributed by atoms with Crippen LogP contribution in [0.3, 0.4) is 0 Å². The summed E-state index contributed by atoms with van der Waals surface area (Å²) in [6, 6.07) is 4.41. The number of aromatic nitrogens is 1. The van der Waals surface area contributed by atoms with Crippen LogP contribution in [0.4, 0.5) is 8.78 Å². The number of rotatable bonds is 2. The highest BCUT2D eigenvalue weighted by atomic mass is 19.1. The van der Waals surface area contributed by atoms with Crippen LogP contribution in [-0.4, -0.2) is 17.6 Å². The second-order valence-electron chi connectivity index (χ2n) is 4.15. The molecule has 20 heavy (non-hydrogen) atoms. The van der Waals surface area contributed by atoms with Crippen molar-refractivity contribution in [1.82, 2.24) is 4.57 Å². The second-order valence-corrected chi connectivity index (χ2v) is 4.15. The van der Waals surface area contributed by atoms with Crippen molar-refractivity contribution in [3.8, 4) is 11.1 Å². The van der Waals surface area contributed by atoms with E-state index >= 15 is 0 Å². The SMILES string of the molecule is COC(=O)c1cc(-c2c(F)cccc2F)c(=O)n(C)c1. The number of ether oxygens (including phenoxy) is 1. The van der Waals surface area contributed by atoms with Crippen molar-refractivity contribution in [1.29, 1.82) is 0 Å². The van der Waals surface area contributed by atoms with E-state index in [0.29, 0.717) is 0 Å². The van der Waals surface area contributed by atoms with Gasteiger partial charge in [0.25, 0.3) is 5.56 Å². The normalized spacial score (nSPS) is 10.4. The molecular formula is C14H11F2NO3. The van der Waals surface area contributed by atoms with E-state index in [9.17, 15) is 18.4 Å². The molecule has 0 unspecified atom stereocenters. The molecule has 0 saturated heterocycles. The van der Waals surface area contributed by atoms with Crippen LogP contribution in [0.5, 0.6) is 0 Å². The third-order valence-electron chi connectivity index (χ3n) is 2.84. The molecule has 0 radical (unpaired) electrons. The Hall–Kier alpha value is -2.50. The van der Waals surface area contributed by atoms with E-state index in [0.717, 1.165) is 22.8 Å². The molecule has 0 atom stereocenters. The van der Waals surface area contributed by atoms with Gasteiger partial charge in [-0.2, -0.15) is 0 Å². The number of halogens is 2. The summed E-state index contributed by atoms with van der Waals surface area (Å²) in [4.78, 5) is 23.5. The molecule has 0 spiro atoms. The Morgan fingerprint density at radius 2 is 1.85 bits per heavy atom. The number of methoxy groups -OCH3 is 1. The zero-order valence-electron chi connectivity index (χ0n) is 10.8. The average Bonchev–Trinajstić information content (AvgIpc) is 2.42. The third kappa shape index (κ3) is 2.32. The highest BCUT2D eigenvalue weighted by molar-refractivity contribution is 5.90. The summed E-state index contributed by atoms with van der Waals surface area (Å²) in [5.41, 5.74) is -1.27. The summed E-state index contributed by atoms with van der Waals surface area (Å²) in [5.74, 6) is -2.44. The molecule has 0 saturated carbocycles. The number of carbonyl (C=O) groups is 1. The summed E-state index contributed by atoms with van der Waals surface area (Å²) in [6.07, 6.45) is 1.25. The minimum atomic E-state index is -0.871. The molecule has 0 aliphatic carbocycles. The Labute approximate surface area is 113 Å². The van der Waals surface area contributed by atoms with Gasteiger partial charge in [-0.15, -0.1) is 0 Å². The molecule has 0 aliphatic heterocycles. The molecule has 0 aliphatic rings. The van der Waals surface area contributed by atoms with Crippen molar-refractivity contribution in [2.75, 3.05) is 7.11 Å². The maximum atomic E-state index is 13.8. The summed E-state index contributed by atoms with van der Waals surface area (Å²) >= 11 is 0. The molecule has 2 aromatic rings. The standard InChI is InChI=1S/C14H11F2NO3/c1-17-7-8(14(19)20-2)6-9(13(17)18)12-10(15)4-3-5-11(12)16/h3-7H,1-2H3. The number of benzene rings is 1. The minimum Gasteiger partial charge on any atom is -0.465 e. The second kappa shape index (κ2) is 5.24. The number of hydrogen-bond donors (Lipinski definition) is 0. The number of aryl methyl sites for hydroxylation is 1. The number of nitrogens with zero attached hydrogens (tertiary/aromatic N) is 1. The molecule has 0 amide bonds. The van der Waals surface area contributed by atoms with E-state index in [-0.39, 0.29) is 11.1 Å². The molecule has 0 N–H and O–H groups in total. The summed E-state index contributed by atoms with van der Waals surface area (Å²) < 4.78 is 33.1. The van der Waals surface area contributed by atoms with Crippen molar-refractivity contribution in [2.45, 2.75) is 0 Å². The molecule has 6 heteroatoms. The zero-order valence-corrected chi connectivity index (χ0v) is 10.8. The van der Waals surface area contributed by atoms with Gasteiger partial charge in [0.05, 0.1) is 23.8 Å². The molecule has 0 fully saturated rings. The number of pyridine rings is 1. The van der Waals surface area contributed by atoms with Crippen LogP contribution in [0.2, 0.25) is 0 Å². The van der Waals surface area contributed by atoms with Crippen LogP contribution in [0.25, 0.3) is 11.1 Å². The summed E-state index contributed by atoms with van der Waals surface area (Å²) in [5, 5.41) is 0. The summed E-state index contributed by atoms with van der Waals surface area (Å²) in [7, 11) is 2.56. The van der Waals surface area contributed by atoms with Gasteiger partial charge in [0.15, 0.2) is 0 Å². The monoisotopic (exact) mass is 279 g/mol. The van der Waals surface area contributed by atoms with E-state index in [1.54, 1.807) is 0 Å². The quantitative estimate of drug-likeness (QED) is 0.791. The van der Waals surface area contributed by atoms with Gasteiger partial charge in [0.2, 0.25) is 0 Å². The Morgan fingerprint density at radius 1 is 1.25 bits per heavy atom. The van der Waals surface area contributed by atoms with E-state index in [1.165, 1.54) is 26.4 Å². The minimum absolute atomic E-state index is 0.0345. The molecule has 1 heterocycles. The fourth-order valence-electron chi connectivity index (χ4n) is 1.88. The summed E-state index contributed by atoms with van der Waals surface area (Å²) in [6.45, 7) is 0. The lowest BCUT2D eigenvalue weighted by Crippen LogP contribution is -2.21. The van der Waals surface area contributed by atoms with Crippen LogP contribution in [-0.2, 0) is 11.8 Å². The Morgan fingerprint density at radius 3 is 2.40 bits per heavy atom. The lowest BCUT2D eigenvalue weighted by atomic mass is 10.0.